The summed E-state index contributed by atoms with van der Waals surface area (Å²) in [5, 5.41) is 6.35. The monoisotopic (exact) mass is 442 g/mol. The van der Waals surface area contributed by atoms with E-state index in [0.29, 0.717) is 43.6 Å². The Morgan fingerprint density at radius 2 is 1.77 bits per heavy atom. The van der Waals surface area contributed by atoms with Crippen LogP contribution in [0.1, 0.15) is 18.9 Å². The number of aliphatic imine (C=N–C) groups is 1. The molecule has 1 aliphatic heterocycles. The predicted octanol–water partition coefficient (Wildman–Crippen LogP) is 1.30. The molecular weight excluding hydrogens is 412 g/mol. The van der Waals surface area contributed by atoms with E-state index in [-0.39, 0.29) is 35.5 Å². The van der Waals surface area contributed by atoms with Crippen molar-refractivity contribution in [3.8, 4) is 0 Å². The van der Waals surface area contributed by atoms with Crippen molar-refractivity contribution in [2.75, 3.05) is 31.9 Å². The molecule has 8 heteroatoms. The first-order chi connectivity index (χ1) is 15.1. The Hall–Kier alpha value is -2.48. The van der Waals surface area contributed by atoms with Crippen LogP contribution in [0.15, 0.2) is 47.5 Å². The molecule has 4 rings (SSSR count). The summed E-state index contributed by atoms with van der Waals surface area (Å²) in [6.07, 6.45) is 5.16. The third-order valence-corrected chi connectivity index (χ3v) is 7.59. The fourth-order valence-electron chi connectivity index (χ4n) is 4.90. The molecule has 5 atom stereocenters. The number of likely N-dealkylation sites (tertiary alicyclic amines) is 1. The van der Waals surface area contributed by atoms with Gasteiger partial charge in [0.15, 0.2) is 5.96 Å². The maximum Gasteiger partial charge on any atom is 0.233 e. The highest BCUT2D eigenvalue weighted by Gasteiger charge is 2.58. The Morgan fingerprint density at radius 3 is 2.42 bits per heavy atom. The van der Waals surface area contributed by atoms with Crippen molar-refractivity contribution < 1.29 is 13.8 Å². The molecule has 1 heterocycles. The third-order valence-electron chi connectivity index (χ3n) is 6.29. The molecule has 0 spiro atoms. The topological polar surface area (TPSA) is 90.9 Å². The molecule has 1 aromatic carbocycles. The van der Waals surface area contributed by atoms with E-state index >= 15 is 0 Å². The van der Waals surface area contributed by atoms with Crippen molar-refractivity contribution in [1.29, 1.82) is 0 Å². The SMILES string of the molecule is CCNC(=NCCS(=O)Cc1ccccc1)NCCN1C(=O)C2C3C=CC(C3)C2C1=O. The van der Waals surface area contributed by atoms with Crippen LogP contribution < -0.4 is 10.6 Å². The zero-order valence-electron chi connectivity index (χ0n) is 17.8. The van der Waals surface area contributed by atoms with Crippen molar-refractivity contribution in [3.05, 3.63) is 48.0 Å². The van der Waals surface area contributed by atoms with Crippen LogP contribution in [0.3, 0.4) is 0 Å². The van der Waals surface area contributed by atoms with Crippen LogP contribution in [-0.4, -0.2) is 58.8 Å². The Kier molecular flexibility index (Phi) is 6.85. The second kappa shape index (κ2) is 9.77. The van der Waals surface area contributed by atoms with Crippen LogP contribution in [0, 0.1) is 23.7 Å². The Balaban J connectivity index is 1.24. The minimum atomic E-state index is -0.978. The quantitative estimate of drug-likeness (QED) is 0.260. The van der Waals surface area contributed by atoms with Gasteiger partial charge in [0.2, 0.25) is 11.8 Å². The number of rotatable bonds is 9. The molecular formula is C23H30N4O3S. The lowest BCUT2D eigenvalue weighted by atomic mass is 9.85. The van der Waals surface area contributed by atoms with E-state index in [1.165, 1.54) is 4.90 Å². The Bertz CT molecular complexity index is 871. The highest BCUT2D eigenvalue weighted by molar-refractivity contribution is 7.84. The van der Waals surface area contributed by atoms with Crippen molar-refractivity contribution in [2.45, 2.75) is 19.1 Å². The van der Waals surface area contributed by atoms with Gasteiger partial charge in [-0.05, 0) is 30.7 Å². The molecule has 2 aliphatic carbocycles. The fourth-order valence-corrected chi connectivity index (χ4v) is 5.91. The number of allylic oxidation sites excluding steroid dienone is 2. The van der Waals surface area contributed by atoms with Gasteiger partial charge in [-0.3, -0.25) is 23.7 Å². The Labute approximate surface area is 185 Å². The summed E-state index contributed by atoms with van der Waals surface area (Å²) >= 11 is 0. The molecule has 1 saturated heterocycles. The molecule has 1 saturated carbocycles. The average molecular weight is 443 g/mol. The van der Waals surface area contributed by atoms with Crippen LogP contribution in [0.5, 0.6) is 0 Å². The zero-order valence-corrected chi connectivity index (χ0v) is 18.6. The number of guanidine groups is 1. The molecule has 166 valence electrons. The van der Waals surface area contributed by atoms with Crippen molar-refractivity contribution in [3.63, 3.8) is 0 Å². The van der Waals surface area contributed by atoms with Gasteiger partial charge in [0.05, 0.1) is 18.4 Å². The average Bonchev–Trinajstić information content (AvgIpc) is 3.44. The summed E-state index contributed by atoms with van der Waals surface area (Å²) in [6.45, 7) is 3.89. The van der Waals surface area contributed by atoms with Gasteiger partial charge < -0.3 is 10.6 Å². The number of amides is 2. The molecule has 0 aromatic heterocycles. The number of nitrogens with zero attached hydrogens (tertiary/aromatic N) is 2. The zero-order chi connectivity index (χ0) is 21.8. The molecule has 31 heavy (non-hydrogen) atoms. The lowest BCUT2D eigenvalue weighted by Crippen LogP contribution is -2.43. The summed E-state index contributed by atoms with van der Waals surface area (Å²) < 4.78 is 12.3. The van der Waals surface area contributed by atoms with E-state index in [4.69, 9.17) is 0 Å². The summed E-state index contributed by atoms with van der Waals surface area (Å²) in [6, 6.07) is 9.79. The summed E-state index contributed by atoms with van der Waals surface area (Å²) in [7, 11) is -0.978. The second-order valence-corrected chi connectivity index (χ2v) is 9.87. The molecule has 1 aromatic rings. The summed E-state index contributed by atoms with van der Waals surface area (Å²) in [4.78, 5) is 31.4. The summed E-state index contributed by atoms with van der Waals surface area (Å²) in [5.41, 5.74) is 1.06. The number of hydrogen-bond acceptors (Lipinski definition) is 4. The van der Waals surface area contributed by atoms with E-state index in [0.717, 1.165) is 12.0 Å². The van der Waals surface area contributed by atoms with E-state index in [1.807, 2.05) is 37.3 Å². The van der Waals surface area contributed by atoms with Gasteiger partial charge >= 0.3 is 0 Å². The normalized spacial score (nSPS) is 27.6. The molecule has 2 fully saturated rings. The van der Waals surface area contributed by atoms with Gasteiger partial charge in [0.1, 0.15) is 0 Å². The van der Waals surface area contributed by atoms with E-state index in [9.17, 15) is 13.8 Å². The smallest absolute Gasteiger partial charge is 0.233 e. The number of nitrogens with one attached hydrogen (secondary N) is 2. The molecule has 3 aliphatic rings. The van der Waals surface area contributed by atoms with Crippen LogP contribution in [0.25, 0.3) is 0 Å². The largest absolute Gasteiger partial charge is 0.357 e. The molecule has 2 amide bonds. The first-order valence-corrected chi connectivity index (χ1v) is 12.5. The number of fused-ring (bicyclic) bond motifs is 5. The fraction of sp³-hybridized carbons (Fsp3) is 0.522. The Morgan fingerprint density at radius 1 is 1.10 bits per heavy atom. The number of carbonyl (C=O) groups is 2. The lowest BCUT2D eigenvalue weighted by molar-refractivity contribution is -0.140. The van der Waals surface area contributed by atoms with Gasteiger partial charge in [-0.15, -0.1) is 0 Å². The van der Waals surface area contributed by atoms with E-state index in [1.54, 1.807) is 0 Å². The first-order valence-electron chi connectivity index (χ1n) is 11.0. The van der Waals surface area contributed by atoms with Gasteiger partial charge in [0.25, 0.3) is 0 Å². The minimum absolute atomic E-state index is 0.0214. The van der Waals surface area contributed by atoms with Crippen molar-refractivity contribution in [1.82, 2.24) is 15.5 Å². The van der Waals surface area contributed by atoms with Crippen molar-refractivity contribution >= 4 is 28.6 Å². The molecule has 0 radical (unpaired) electrons. The second-order valence-electron chi connectivity index (χ2n) is 8.29. The molecule has 5 unspecified atom stereocenters. The summed E-state index contributed by atoms with van der Waals surface area (Å²) in [5.74, 6) is 1.75. The molecule has 7 nitrogen and oxygen atoms in total. The van der Waals surface area contributed by atoms with Crippen LogP contribution in [0.4, 0.5) is 0 Å². The standard InChI is InChI=1S/C23H30N4O3S/c1-2-24-23(26-11-13-31(30)15-16-6-4-3-5-7-16)25-10-12-27-21(28)19-17-8-9-18(14-17)20(19)22(27)29/h3-9,17-20H,2,10-15H2,1H3,(H2,24,25,26). The predicted molar refractivity (Wildman–Crippen MR) is 122 cm³/mol. The van der Waals surface area contributed by atoms with Gasteiger partial charge in [-0.25, -0.2) is 0 Å². The molecule has 2 N–H and O–H groups in total. The highest BCUT2D eigenvalue weighted by atomic mass is 32.2. The van der Waals surface area contributed by atoms with E-state index < -0.39 is 10.8 Å². The minimum Gasteiger partial charge on any atom is -0.357 e. The van der Waals surface area contributed by atoms with E-state index in [2.05, 4.69) is 27.8 Å². The first kappa shape index (κ1) is 21.7. The highest BCUT2D eigenvalue weighted by Crippen LogP contribution is 2.52. The maximum atomic E-state index is 12.7. The third kappa shape index (κ3) is 4.74. The lowest BCUT2D eigenvalue weighted by Gasteiger charge is -2.18. The van der Waals surface area contributed by atoms with Crippen molar-refractivity contribution in [2.24, 2.45) is 28.7 Å². The van der Waals surface area contributed by atoms with Gasteiger partial charge in [-0.2, -0.15) is 0 Å². The number of hydrogen-bond donors (Lipinski definition) is 2. The number of carbonyl (C=O) groups excluding carboxylic acids is 2. The van der Waals surface area contributed by atoms with Gasteiger partial charge in [-0.1, -0.05) is 42.5 Å². The van der Waals surface area contributed by atoms with Crippen LogP contribution >= 0.6 is 0 Å². The van der Waals surface area contributed by atoms with Crippen LogP contribution in [0.2, 0.25) is 0 Å². The molecule has 2 bridgehead atoms. The van der Waals surface area contributed by atoms with Gasteiger partial charge in [0, 0.05) is 41.9 Å². The number of imide groups is 1. The maximum absolute atomic E-state index is 12.7. The number of benzene rings is 1. The van der Waals surface area contributed by atoms with Crippen LogP contribution in [-0.2, 0) is 26.1 Å².